The highest BCUT2D eigenvalue weighted by atomic mass is 14.6. The molecule has 9 heavy (non-hydrogen) atoms. The van der Waals surface area contributed by atoms with Crippen LogP contribution in [0.25, 0.3) is 0 Å². The average Bonchev–Trinajstić information content (AvgIpc) is 1.82. The van der Waals surface area contributed by atoms with E-state index < -0.39 is 0 Å². The highest BCUT2D eigenvalue weighted by Gasteiger charge is 1.95. The summed E-state index contributed by atoms with van der Waals surface area (Å²) >= 11 is 0. The molecule has 0 spiro atoms. The second kappa shape index (κ2) is 4.57. The molecule has 0 saturated heterocycles. The zero-order chi connectivity index (χ0) is 7.28. The molecule has 0 saturated carbocycles. The molecule has 1 nitrogen and oxygen atoms in total. The molecule has 0 aromatic carbocycles. The Balaban J connectivity index is 3.58. The molecule has 0 amide bonds. The van der Waals surface area contributed by atoms with E-state index in [0.29, 0.717) is 6.04 Å². The van der Waals surface area contributed by atoms with Crippen molar-refractivity contribution in [3.63, 3.8) is 0 Å². The Kier molecular flexibility index (Phi) is 4.41. The third-order valence-corrected chi connectivity index (χ3v) is 1.45. The van der Waals surface area contributed by atoms with Crippen LogP contribution in [0.15, 0.2) is 11.6 Å². The Morgan fingerprint density at radius 3 is 2.33 bits per heavy atom. The number of rotatable bonds is 3. The van der Waals surface area contributed by atoms with E-state index in [1.54, 1.807) is 0 Å². The first-order chi connectivity index (χ1) is 4.20. The van der Waals surface area contributed by atoms with Crippen LogP contribution < -0.4 is 5.73 Å². The largest absolute Gasteiger partial charge is 0.328 e. The Bertz CT molecular complexity index is 92.7. The second-order valence-corrected chi connectivity index (χ2v) is 2.48. The van der Waals surface area contributed by atoms with Gasteiger partial charge >= 0.3 is 0 Å². The minimum absolute atomic E-state index is 0.316. The minimum atomic E-state index is 0.316. The molecule has 0 aliphatic carbocycles. The van der Waals surface area contributed by atoms with E-state index in [1.807, 2.05) is 6.92 Å². The Morgan fingerprint density at radius 1 is 1.67 bits per heavy atom. The molecule has 0 rings (SSSR count). The maximum atomic E-state index is 5.60. The summed E-state index contributed by atoms with van der Waals surface area (Å²) in [7, 11) is 0. The van der Waals surface area contributed by atoms with Crippen LogP contribution in [0.3, 0.4) is 0 Å². The predicted molar refractivity (Wildman–Crippen MR) is 42.3 cm³/mol. The molecule has 54 valence electrons. The molecule has 1 heteroatoms. The lowest BCUT2D eigenvalue weighted by atomic mass is 10.1. The summed E-state index contributed by atoms with van der Waals surface area (Å²) in [5.74, 6) is 0. The third-order valence-electron chi connectivity index (χ3n) is 1.45. The monoisotopic (exact) mass is 127 g/mol. The summed E-state index contributed by atoms with van der Waals surface area (Å²) in [4.78, 5) is 0. The standard InChI is InChI=1S/C8H17N/c1-4-8(5-2)6-7(3)9/h4,7H,5-6,9H2,1-3H3/b8-4+. The summed E-state index contributed by atoms with van der Waals surface area (Å²) < 4.78 is 0. The molecule has 0 fully saturated rings. The summed E-state index contributed by atoms with van der Waals surface area (Å²) in [6.07, 6.45) is 4.34. The van der Waals surface area contributed by atoms with Gasteiger partial charge in [-0.15, -0.1) is 0 Å². The van der Waals surface area contributed by atoms with E-state index >= 15 is 0 Å². The van der Waals surface area contributed by atoms with Crippen molar-refractivity contribution in [1.29, 1.82) is 0 Å². The van der Waals surface area contributed by atoms with Crippen LogP contribution in [0, 0.1) is 0 Å². The van der Waals surface area contributed by atoms with Crippen molar-refractivity contribution in [2.75, 3.05) is 0 Å². The Hall–Kier alpha value is -0.300. The number of allylic oxidation sites excluding steroid dienone is 1. The van der Waals surface area contributed by atoms with Gasteiger partial charge in [0.05, 0.1) is 0 Å². The Labute approximate surface area is 57.9 Å². The first-order valence-electron chi connectivity index (χ1n) is 3.60. The maximum absolute atomic E-state index is 5.60. The van der Waals surface area contributed by atoms with Gasteiger partial charge in [0.15, 0.2) is 0 Å². The molecule has 1 atom stereocenters. The quantitative estimate of drug-likeness (QED) is 0.577. The summed E-state index contributed by atoms with van der Waals surface area (Å²) in [6, 6.07) is 0.316. The lowest BCUT2D eigenvalue weighted by Gasteiger charge is -2.05. The van der Waals surface area contributed by atoms with Crippen LogP contribution >= 0.6 is 0 Å². The van der Waals surface area contributed by atoms with Gasteiger partial charge in [-0.25, -0.2) is 0 Å². The molecular weight excluding hydrogens is 110 g/mol. The van der Waals surface area contributed by atoms with E-state index in [9.17, 15) is 0 Å². The van der Waals surface area contributed by atoms with Gasteiger partial charge in [0.1, 0.15) is 0 Å². The van der Waals surface area contributed by atoms with E-state index in [0.717, 1.165) is 12.8 Å². The van der Waals surface area contributed by atoms with Gasteiger partial charge in [-0.05, 0) is 26.7 Å². The molecule has 2 N–H and O–H groups in total. The molecule has 0 radical (unpaired) electrons. The van der Waals surface area contributed by atoms with Crippen molar-refractivity contribution in [1.82, 2.24) is 0 Å². The average molecular weight is 127 g/mol. The predicted octanol–water partition coefficient (Wildman–Crippen LogP) is 2.08. The van der Waals surface area contributed by atoms with Gasteiger partial charge in [-0.3, -0.25) is 0 Å². The number of hydrogen-bond donors (Lipinski definition) is 1. The van der Waals surface area contributed by atoms with Gasteiger partial charge in [-0.2, -0.15) is 0 Å². The van der Waals surface area contributed by atoms with Gasteiger partial charge in [0, 0.05) is 6.04 Å². The molecule has 0 aromatic rings. The summed E-state index contributed by atoms with van der Waals surface area (Å²) in [5.41, 5.74) is 7.07. The maximum Gasteiger partial charge on any atom is 0.00476 e. The SMILES string of the molecule is C/C=C(\CC)CC(C)N. The van der Waals surface area contributed by atoms with Crippen LogP contribution in [0.2, 0.25) is 0 Å². The van der Waals surface area contributed by atoms with Crippen LogP contribution in [0.1, 0.15) is 33.6 Å². The van der Waals surface area contributed by atoms with Gasteiger partial charge < -0.3 is 5.73 Å². The van der Waals surface area contributed by atoms with Crippen molar-refractivity contribution in [2.24, 2.45) is 5.73 Å². The van der Waals surface area contributed by atoms with Gasteiger partial charge in [-0.1, -0.05) is 18.6 Å². The number of hydrogen-bond acceptors (Lipinski definition) is 1. The molecule has 0 aliphatic heterocycles. The molecule has 0 bridgehead atoms. The fourth-order valence-corrected chi connectivity index (χ4v) is 0.880. The topological polar surface area (TPSA) is 26.0 Å². The first kappa shape index (κ1) is 8.70. The fourth-order valence-electron chi connectivity index (χ4n) is 0.880. The normalized spacial score (nSPS) is 15.8. The highest BCUT2D eigenvalue weighted by molar-refractivity contribution is 5.00. The van der Waals surface area contributed by atoms with Crippen molar-refractivity contribution < 1.29 is 0 Å². The lowest BCUT2D eigenvalue weighted by molar-refractivity contribution is 0.713. The van der Waals surface area contributed by atoms with Gasteiger partial charge in [0.25, 0.3) is 0 Å². The van der Waals surface area contributed by atoms with Crippen molar-refractivity contribution >= 4 is 0 Å². The van der Waals surface area contributed by atoms with Crippen LogP contribution in [-0.2, 0) is 0 Å². The van der Waals surface area contributed by atoms with Crippen molar-refractivity contribution in [3.8, 4) is 0 Å². The molecule has 0 aromatic heterocycles. The summed E-state index contributed by atoms with van der Waals surface area (Å²) in [6.45, 7) is 6.28. The molecule has 0 aliphatic rings. The van der Waals surface area contributed by atoms with Crippen LogP contribution in [0.4, 0.5) is 0 Å². The molecule has 0 heterocycles. The number of nitrogens with two attached hydrogens (primary N) is 1. The third kappa shape index (κ3) is 4.22. The molecule has 1 unspecified atom stereocenters. The highest BCUT2D eigenvalue weighted by Crippen LogP contribution is 2.06. The fraction of sp³-hybridized carbons (Fsp3) is 0.750. The Morgan fingerprint density at radius 2 is 2.22 bits per heavy atom. The molecular formula is C8H17N. The van der Waals surface area contributed by atoms with E-state index in [-0.39, 0.29) is 0 Å². The zero-order valence-electron chi connectivity index (χ0n) is 6.65. The van der Waals surface area contributed by atoms with E-state index in [2.05, 4.69) is 19.9 Å². The van der Waals surface area contributed by atoms with Crippen LogP contribution in [0.5, 0.6) is 0 Å². The van der Waals surface area contributed by atoms with Crippen molar-refractivity contribution in [2.45, 2.75) is 39.7 Å². The van der Waals surface area contributed by atoms with Crippen molar-refractivity contribution in [3.05, 3.63) is 11.6 Å². The smallest absolute Gasteiger partial charge is 0.00476 e. The minimum Gasteiger partial charge on any atom is -0.328 e. The van der Waals surface area contributed by atoms with Gasteiger partial charge in [0.2, 0.25) is 0 Å². The zero-order valence-corrected chi connectivity index (χ0v) is 6.65. The first-order valence-corrected chi connectivity index (χ1v) is 3.60. The second-order valence-electron chi connectivity index (χ2n) is 2.48. The summed E-state index contributed by atoms with van der Waals surface area (Å²) in [5, 5.41) is 0. The van der Waals surface area contributed by atoms with E-state index in [4.69, 9.17) is 5.73 Å². The van der Waals surface area contributed by atoms with E-state index in [1.165, 1.54) is 5.57 Å². The van der Waals surface area contributed by atoms with Crippen LogP contribution in [-0.4, -0.2) is 6.04 Å². The lowest BCUT2D eigenvalue weighted by Crippen LogP contribution is -2.15.